The zero-order valence-electron chi connectivity index (χ0n) is 13.4. The average Bonchev–Trinajstić information content (AvgIpc) is 3.02. The van der Waals surface area contributed by atoms with Gasteiger partial charge in [0.2, 0.25) is 0 Å². The van der Waals surface area contributed by atoms with E-state index in [1.165, 1.54) is 6.08 Å². The molecule has 1 aromatic carbocycles. The maximum atomic E-state index is 11.9. The molecular weight excluding hydrogens is 332 g/mol. The molecule has 0 fully saturated rings. The van der Waals surface area contributed by atoms with Crippen LogP contribution < -0.4 is 0 Å². The lowest BCUT2D eigenvalue weighted by atomic mass is 10.2. The van der Waals surface area contributed by atoms with Crippen LogP contribution in [0.1, 0.15) is 19.6 Å². The van der Waals surface area contributed by atoms with Gasteiger partial charge in [-0.15, -0.1) is 0 Å². The summed E-state index contributed by atoms with van der Waals surface area (Å²) in [6, 6.07) is 10.5. The van der Waals surface area contributed by atoms with E-state index < -0.39 is 11.9 Å². The van der Waals surface area contributed by atoms with Crippen LogP contribution >= 0.6 is 11.6 Å². The molecule has 0 spiro atoms. The van der Waals surface area contributed by atoms with Crippen LogP contribution in [-0.4, -0.2) is 25.2 Å². The first-order valence-electron chi connectivity index (χ1n) is 7.46. The second-order valence-electron chi connectivity index (χ2n) is 4.71. The molecule has 2 aromatic rings. The van der Waals surface area contributed by atoms with Gasteiger partial charge >= 0.3 is 11.9 Å². The molecule has 6 heteroatoms. The van der Waals surface area contributed by atoms with Gasteiger partial charge in [0.25, 0.3) is 0 Å². The highest BCUT2D eigenvalue weighted by molar-refractivity contribution is 6.30. The second-order valence-corrected chi connectivity index (χ2v) is 5.14. The molecule has 0 aliphatic rings. The second kappa shape index (κ2) is 8.36. The van der Waals surface area contributed by atoms with Crippen LogP contribution in [0, 0.1) is 0 Å². The van der Waals surface area contributed by atoms with Gasteiger partial charge in [-0.3, -0.25) is 0 Å². The van der Waals surface area contributed by atoms with Crippen LogP contribution in [0.25, 0.3) is 17.4 Å². The Morgan fingerprint density at radius 3 is 2.12 bits per heavy atom. The first kappa shape index (κ1) is 17.8. The standard InChI is InChI=1S/C18H17ClO5/c1-3-22-17(20)15(18(21)23-4-2)11-14-9-10-16(24-14)12-5-7-13(19)8-6-12/h5-11H,3-4H2,1-2H3. The Balaban J connectivity index is 2.30. The Bertz CT molecular complexity index is 723. The highest BCUT2D eigenvalue weighted by Gasteiger charge is 2.21. The van der Waals surface area contributed by atoms with Gasteiger partial charge in [0, 0.05) is 16.7 Å². The first-order valence-corrected chi connectivity index (χ1v) is 7.84. The van der Waals surface area contributed by atoms with Gasteiger partial charge in [0.15, 0.2) is 0 Å². The van der Waals surface area contributed by atoms with Gasteiger partial charge in [-0.2, -0.15) is 0 Å². The Kier molecular flexibility index (Phi) is 6.21. The number of carbonyl (C=O) groups is 2. The predicted octanol–water partition coefficient (Wildman–Crippen LogP) is 4.11. The number of rotatable bonds is 6. The lowest BCUT2D eigenvalue weighted by molar-refractivity contribution is -0.146. The van der Waals surface area contributed by atoms with E-state index in [0.717, 1.165) is 5.56 Å². The van der Waals surface area contributed by atoms with E-state index in [2.05, 4.69) is 0 Å². The maximum Gasteiger partial charge on any atom is 0.345 e. The number of furan rings is 1. The van der Waals surface area contributed by atoms with Crippen molar-refractivity contribution in [2.24, 2.45) is 0 Å². The molecule has 0 saturated carbocycles. The summed E-state index contributed by atoms with van der Waals surface area (Å²) in [5.41, 5.74) is 0.614. The number of esters is 2. The molecule has 0 N–H and O–H groups in total. The predicted molar refractivity (Wildman–Crippen MR) is 90.4 cm³/mol. The molecule has 2 rings (SSSR count). The molecule has 126 valence electrons. The van der Waals surface area contributed by atoms with Crippen molar-refractivity contribution in [1.29, 1.82) is 0 Å². The van der Waals surface area contributed by atoms with E-state index in [0.29, 0.717) is 16.5 Å². The molecule has 0 radical (unpaired) electrons. The Morgan fingerprint density at radius 1 is 1.00 bits per heavy atom. The third-order valence-electron chi connectivity index (χ3n) is 3.03. The monoisotopic (exact) mass is 348 g/mol. The highest BCUT2D eigenvalue weighted by Crippen LogP contribution is 2.25. The van der Waals surface area contributed by atoms with E-state index in [1.807, 2.05) is 12.1 Å². The van der Waals surface area contributed by atoms with Crippen LogP contribution in [0.3, 0.4) is 0 Å². The average molecular weight is 349 g/mol. The summed E-state index contributed by atoms with van der Waals surface area (Å²) in [4.78, 5) is 23.9. The Hall–Kier alpha value is -2.53. The smallest absolute Gasteiger partial charge is 0.345 e. The fourth-order valence-corrected chi connectivity index (χ4v) is 2.09. The minimum atomic E-state index is -0.750. The minimum Gasteiger partial charge on any atom is -0.462 e. The van der Waals surface area contributed by atoms with Crippen molar-refractivity contribution >= 4 is 29.6 Å². The summed E-state index contributed by atoms with van der Waals surface area (Å²) >= 11 is 5.86. The summed E-state index contributed by atoms with van der Waals surface area (Å²) in [5, 5.41) is 0.623. The zero-order valence-corrected chi connectivity index (χ0v) is 14.1. The van der Waals surface area contributed by atoms with Gasteiger partial charge in [-0.1, -0.05) is 11.6 Å². The van der Waals surface area contributed by atoms with Crippen molar-refractivity contribution in [2.75, 3.05) is 13.2 Å². The van der Waals surface area contributed by atoms with Crippen molar-refractivity contribution in [3.63, 3.8) is 0 Å². The van der Waals surface area contributed by atoms with E-state index >= 15 is 0 Å². The highest BCUT2D eigenvalue weighted by atomic mass is 35.5. The van der Waals surface area contributed by atoms with Crippen LogP contribution in [0.15, 0.2) is 46.4 Å². The molecule has 0 unspecified atom stereocenters. The number of hydrogen-bond acceptors (Lipinski definition) is 5. The fraction of sp³-hybridized carbons (Fsp3) is 0.222. The van der Waals surface area contributed by atoms with E-state index in [9.17, 15) is 9.59 Å². The van der Waals surface area contributed by atoms with Gasteiger partial charge in [0.1, 0.15) is 17.1 Å². The summed E-state index contributed by atoms with van der Waals surface area (Å²) in [6.07, 6.45) is 1.31. The summed E-state index contributed by atoms with van der Waals surface area (Å²) < 4.78 is 15.4. The Labute approximate surface area is 144 Å². The maximum absolute atomic E-state index is 11.9. The van der Waals surface area contributed by atoms with Crippen molar-refractivity contribution in [1.82, 2.24) is 0 Å². The van der Waals surface area contributed by atoms with Crippen molar-refractivity contribution in [3.8, 4) is 11.3 Å². The molecule has 0 bridgehead atoms. The van der Waals surface area contributed by atoms with Crippen LogP contribution in [0.5, 0.6) is 0 Å². The fourth-order valence-electron chi connectivity index (χ4n) is 1.96. The van der Waals surface area contributed by atoms with Crippen molar-refractivity contribution in [2.45, 2.75) is 13.8 Å². The van der Waals surface area contributed by atoms with E-state index in [-0.39, 0.29) is 18.8 Å². The Morgan fingerprint density at radius 2 is 1.58 bits per heavy atom. The van der Waals surface area contributed by atoms with Crippen LogP contribution in [0.2, 0.25) is 5.02 Å². The third kappa shape index (κ3) is 4.49. The largest absolute Gasteiger partial charge is 0.462 e. The number of hydrogen-bond donors (Lipinski definition) is 0. The lowest BCUT2D eigenvalue weighted by Crippen LogP contribution is -2.18. The molecule has 0 aliphatic heterocycles. The molecule has 0 aliphatic carbocycles. The molecule has 1 heterocycles. The topological polar surface area (TPSA) is 65.7 Å². The first-order chi connectivity index (χ1) is 11.5. The zero-order chi connectivity index (χ0) is 17.5. The lowest BCUT2D eigenvalue weighted by Gasteiger charge is -2.05. The summed E-state index contributed by atoms with van der Waals surface area (Å²) in [7, 11) is 0. The van der Waals surface area contributed by atoms with Crippen molar-refractivity contribution in [3.05, 3.63) is 52.8 Å². The van der Waals surface area contributed by atoms with E-state index in [1.54, 1.807) is 38.1 Å². The molecule has 0 atom stereocenters. The number of carbonyl (C=O) groups excluding carboxylic acids is 2. The molecule has 0 saturated heterocycles. The van der Waals surface area contributed by atoms with Crippen molar-refractivity contribution < 1.29 is 23.5 Å². The van der Waals surface area contributed by atoms with Crippen LogP contribution in [0.4, 0.5) is 0 Å². The molecule has 24 heavy (non-hydrogen) atoms. The summed E-state index contributed by atoms with van der Waals surface area (Å²) in [5.74, 6) is -0.568. The number of ether oxygens (including phenoxy) is 2. The molecule has 1 aromatic heterocycles. The van der Waals surface area contributed by atoms with Crippen LogP contribution in [-0.2, 0) is 19.1 Å². The molecule has 5 nitrogen and oxygen atoms in total. The normalized spacial score (nSPS) is 10.1. The summed E-state index contributed by atoms with van der Waals surface area (Å²) in [6.45, 7) is 3.63. The minimum absolute atomic E-state index is 0.157. The third-order valence-corrected chi connectivity index (χ3v) is 3.28. The quantitative estimate of drug-likeness (QED) is 0.340. The van der Waals surface area contributed by atoms with Gasteiger partial charge in [-0.25, -0.2) is 9.59 Å². The molecule has 0 amide bonds. The number of halogens is 1. The van der Waals surface area contributed by atoms with Gasteiger partial charge in [-0.05, 0) is 50.2 Å². The molecular formula is C18H17ClO5. The van der Waals surface area contributed by atoms with Gasteiger partial charge < -0.3 is 13.9 Å². The van der Waals surface area contributed by atoms with Gasteiger partial charge in [0.05, 0.1) is 13.2 Å². The van der Waals surface area contributed by atoms with E-state index in [4.69, 9.17) is 25.5 Å². The number of benzene rings is 1. The SMILES string of the molecule is CCOC(=O)C(=Cc1ccc(-c2ccc(Cl)cc2)o1)C(=O)OCC.